The van der Waals surface area contributed by atoms with Crippen LogP contribution in [0.2, 0.25) is 0 Å². The van der Waals surface area contributed by atoms with Gasteiger partial charge in [-0.05, 0) is 45.3 Å². The van der Waals surface area contributed by atoms with E-state index in [2.05, 4.69) is 65.3 Å². The summed E-state index contributed by atoms with van der Waals surface area (Å²) in [5.41, 5.74) is 2.44. The molecule has 0 aliphatic carbocycles. The standard InChI is InChI=1S/C18H15BrO/c1-13-5-4-6-14(11-13)12-20-17-10-9-15-7-2-3-8-16(15)18(17)19/h2-11H,12H2,1H3. The molecule has 0 radical (unpaired) electrons. The topological polar surface area (TPSA) is 9.23 Å². The largest absolute Gasteiger partial charge is 0.488 e. The first kappa shape index (κ1) is 13.2. The molecule has 0 unspecified atom stereocenters. The van der Waals surface area contributed by atoms with Crippen LogP contribution in [0.3, 0.4) is 0 Å². The molecule has 100 valence electrons. The molecule has 3 aromatic carbocycles. The molecule has 0 aliphatic heterocycles. The van der Waals surface area contributed by atoms with Crippen LogP contribution in [0.4, 0.5) is 0 Å². The summed E-state index contributed by atoms with van der Waals surface area (Å²) >= 11 is 3.64. The molecule has 0 N–H and O–H groups in total. The van der Waals surface area contributed by atoms with Gasteiger partial charge in [-0.3, -0.25) is 0 Å². The second kappa shape index (κ2) is 5.68. The Bertz CT molecular complexity index is 749. The number of hydrogen-bond acceptors (Lipinski definition) is 1. The number of fused-ring (bicyclic) bond motifs is 1. The molecule has 3 aromatic rings. The average Bonchev–Trinajstić information content (AvgIpc) is 2.47. The molecule has 0 aromatic heterocycles. The van der Waals surface area contributed by atoms with Crippen molar-refractivity contribution >= 4 is 26.7 Å². The monoisotopic (exact) mass is 326 g/mol. The lowest BCUT2D eigenvalue weighted by Gasteiger charge is -2.10. The van der Waals surface area contributed by atoms with Gasteiger partial charge in [-0.25, -0.2) is 0 Å². The molecular formula is C18H15BrO. The fourth-order valence-corrected chi connectivity index (χ4v) is 2.90. The highest BCUT2D eigenvalue weighted by atomic mass is 79.9. The molecular weight excluding hydrogens is 312 g/mol. The van der Waals surface area contributed by atoms with E-state index < -0.39 is 0 Å². The highest BCUT2D eigenvalue weighted by Crippen LogP contribution is 2.33. The van der Waals surface area contributed by atoms with Crippen molar-refractivity contribution in [2.75, 3.05) is 0 Å². The summed E-state index contributed by atoms with van der Waals surface area (Å²) in [6.45, 7) is 2.67. The Hall–Kier alpha value is -1.80. The summed E-state index contributed by atoms with van der Waals surface area (Å²) < 4.78 is 6.96. The molecule has 1 nitrogen and oxygen atoms in total. The second-order valence-electron chi connectivity index (χ2n) is 4.88. The lowest BCUT2D eigenvalue weighted by molar-refractivity contribution is 0.304. The zero-order chi connectivity index (χ0) is 13.9. The van der Waals surface area contributed by atoms with Gasteiger partial charge in [0.15, 0.2) is 0 Å². The number of aryl methyl sites for hydroxylation is 1. The summed E-state index contributed by atoms with van der Waals surface area (Å²) in [6.07, 6.45) is 0. The zero-order valence-corrected chi connectivity index (χ0v) is 12.9. The van der Waals surface area contributed by atoms with Gasteiger partial charge in [-0.2, -0.15) is 0 Å². The third kappa shape index (κ3) is 2.70. The number of halogens is 1. The Labute approximate surface area is 127 Å². The Kier molecular flexibility index (Phi) is 3.75. The minimum Gasteiger partial charge on any atom is -0.488 e. The van der Waals surface area contributed by atoms with Gasteiger partial charge < -0.3 is 4.74 Å². The Morgan fingerprint density at radius 3 is 2.65 bits per heavy atom. The quantitative estimate of drug-likeness (QED) is 0.618. The van der Waals surface area contributed by atoms with Crippen molar-refractivity contribution in [3.8, 4) is 5.75 Å². The lowest BCUT2D eigenvalue weighted by atomic mass is 10.1. The van der Waals surface area contributed by atoms with Crippen LogP contribution >= 0.6 is 15.9 Å². The van der Waals surface area contributed by atoms with Gasteiger partial charge in [-0.1, -0.05) is 60.2 Å². The van der Waals surface area contributed by atoms with E-state index in [9.17, 15) is 0 Å². The molecule has 0 fully saturated rings. The molecule has 0 saturated heterocycles. The fraction of sp³-hybridized carbons (Fsp3) is 0.111. The maximum absolute atomic E-state index is 5.94. The molecule has 0 atom stereocenters. The summed E-state index contributed by atoms with van der Waals surface area (Å²) in [5, 5.41) is 2.39. The predicted molar refractivity (Wildman–Crippen MR) is 87.2 cm³/mol. The first-order valence-corrected chi connectivity index (χ1v) is 7.39. The lowest BCUT2D eigenvalue weighted by Crippen LogP contribution is -1.96. The highest BCUT2D eigenvalue weighted by Gasteiger charge is 2.06. The average molecular weight is 327 g/mol. The van der Waals surface area contributed by atoms with E-state index in [4.69, 9.17) is 4.74 Å². The van der Waals surface area contributed by atoms with E-state index in [-0.39, 0.29) is 0 Å². The van der Waals surface area contributed by atoms with E-state index in [1.807, 2.05) is 18.2 Å². The second-order valence-corrected chi connectivity index (χ2v) is 5.67. The van der Waals surface area contributed by atoms with Gasteiger partial charge in [0.25, 0.3) is 0 Å². The zero-order valence-electron chi connectivity index (χ0n) is 11.3. The molecule has 0 bridgehead atoms. The minimum atomic E-state index is 0.582. The van der Waals surface area contributed by atoms with Crippen LogP contribution in [-0.2, 0) is 6.61 Å². The van der Waals surface area contributed by atoms with Crippen LogP contribution in [0.5, 0.6) is 5.75 Å². The fourth-order valence-electron chi connectivity index (χ4n) is 2.29. The van der Waals surface area contributed by atoms with Crippen molar-refractivity contribution in [3.63, 3.8) is 0 Å². The summed E-state index contributed by atoms with van der Waals surface area (Å²) in [4.78, 5) is 0. The van der Waals surface area contributed by atoms with Crippen LogP contribution in [0.25, 0.3) is 10.8 Å². The Morgan fingerprint density at radius 2 is 1.80 bits per heavy atom. The van der Waals surface area contributed by atoms with Crippen molar-refractivity contribution in [1.29, 1.82) is 0 Å². The van der Waals surface area contributed by atoms with Crippen LogP contribution in [0.1, 0.15) is 11.1 Å². The van der Waals surface area contributed by atoms with Crippen molar-refractivity contribution in [2.45, 2.75) is 13.5 Å². The minimum absolute atomic E-state index is 0.582. The molecule has 20 heavy (non-hydrogen) atoms. The van der Waals surface area contributed by atoms with Crippen LogP contribution in [-0.4, -0.2) is 0 Å². The van der Waals surface area contributed by atoms with Gasteiger partial charge >= 0.3 is 0 Å². The summed E-state index contributed by atoms with van der Waals surface area (Å²) in [5.74, 6) is 0.880. The molecule has 2 heteroatoms. The third-order valence-electron chi connectivity index (χ3n) is 3.30. The van der Waals surface area contributed by atoms with E-state index >= 15 is 0 Å². The van der Waals surface area contributed by atoms with Crippen molar-refractivity contribution in [3.05, 3.63) is 76.3 Å². The van der Waals surface area contributed by atoms with Gasteiger partial charge in [0.1, 0.15) is 12.4 Å². The summed E-state index contributed by atoms with van der Waals surface area (Å²) in [6, 6.07) is 20.8. The van der Waals surface area contributed by atoms with Crippen LogP contribution in [0.15, 0.2) is 65.1 Å². The smallest absolute Gasteiger partial charge is 0.134 e. The predicted octanol–water partition coefficient (Wildman–Crippen LogP) is 5.49. The van der Waals surface area contributed by atoms with Crippen LogP contribution in [0, 0.1) is 6.92 Å². The molecule has 0 heterocycles. The van der Waals surface area contributed by atoms with Crippen molar-refractivity contribution in [2.24, 2.45) is 0 Å². The van der Waals surface area contributed by atoms with E-state index in [1.165, 1.54) is 21.9 Å². The first-order valence-electron chi connectivity index (χ1n) is 6.59. The van der Waals surface area contributed by atoms with E-state index in [0.29, 0.717) is 6.61 Å². The van der Waals surface area contributed by atoms with Crippen molar-refractivity contribution in [1.82, 2.24) is 0 Å². The van der Waals surface area contributed by atoms with Gasteiger partial charge in [0.05, 0.1) is 4.47 Å². The van der Waals surface area contributed by atoms with E-state index in [1.54, 1.807) is 0 Å². The maximum Gasteiger partial charge on any atom is 0.134 e. The summed E-state index contributed by atoms with van der Waals surface area (Å²) in [7, 11) is 0. The molecule has 0 saturated carbocycles. The number of rotatable bonds is 3. The molecule has 0 amide bonds. The third-order valence-corrected chi connectivity index (χ3v) is 4.12. The van der Waals surface area contributed by atoms with Gasteiger partial charge in [-0.15, -0.1) is 0 Å². The number of ether oxygens (including phenoxy) is 1. The molecule has 3 rings (SSSR count). The Morgan fingerprint density at radius 1 is 0.950 bits per heavy atom. The maximum atomic E-state index is 5.94. The van der Waals surface area contributed by atoms with Crippen molar-refractivity contribution < 1.29 is 4.74 Å². The van der Waals surface area contributed by atoms with Gasteiger partial charge in [0, 0.05) is 0 Å². The van der Waals surface area contributed by atoms with E-state index in [0.717, 1.165) is 10.2 Å². The Balaban J connectivity index is 1.86. The molecule has 0 spiro atoms. The van der Waals surface area contributed by atoms with Gasteiger partial charge in [0.2, 0.25) is 0 Å². The first-order chi connectivity index (χ1) is 9.74. The number of benzene rings is 3. The SMILES string of the molecule is Cc1cccc(COc2ccc3ccccc3c2Br)c1. The van der Waals surface area contributed by atoms with Crippen LogP contribution < -0.4 is 4.74 Å². The number of hydrogen-bond donors (Lipinski definition) is 0. The molecule has 0 aliphatic rings. The normalized spacial score (nSPS) is 10.7. The highest BCUT2D eigenvalue weighted by molar-refractivity contribution is 9.10.